The smallest absolute Gasteiger partial charge is 0.308 e. The van der Waals surface area contributed by atoms with E-state index >= 15 is 0 Å². The summed E-state index contributed by atoms with van der Waals surface area (Å²) in [5.41, 5.74) is 0. The maximum absolute atomic E-state index is 10.6. The molecule has 0 fully saturated rings. The number of sulfonamides is 1. The van der Waals surface area contributed by atoms with E-state index in [1.807, 2.05) is 0 Å². The third kappa shape index (κ3) is 6.61. The second-order valence-corrected chi connectivity index (χ2v) is 7.44. The first kappa shape index (κ1) is 16.6. The lowest BCUT2D eigenvalue weighted by atomic mass is 10.4. The van der Waals surface area contributed by atoms with Crippen LogP contribution in [0.5, 0.6) is 5.19 Å². The molecule has 1 aromatic heterocycles. The fourth-order valence-corrected chi connectivity index (χ4v) is 2.72. The van der Waals surface area contributed by atoms with Crippen LogP contribution in [0.3, 0.4) is 0 Å². The van der Waals surface area contributed by atoms with Gasteiger partial charge in [-0.15, -0.1) is 0 Å². The van der Waals surface area contributed by atoms with Crippen LogP contribution in [-0.2, 0) is 20.1 Å². The molecule has 1 heterocycles. The van der Waals surface area contributed by atoms with Crippen LogP contribution in [0.4, 0.5) is 0 Å². The lowest BCUT2D eigenvalue weighted by molar-refractivity contribution is 0.491. The molecule has 1 aromatic carbocycles. The first-order chi connectivity index (χ1) is 9.18. The van der Waals surface area contributed by atoms with Crippen LogP contribution < -0.4 is 9.32 Å². The average Bonchev–Trinajstić information content (AvgIpc) is 2.80. The van der Waals surface area contributed by atoms with Crippen LogP contribution in [0.2, 0.25) is 0 Å². The van der Waals surface area contributed by atoms with E-state index in [2.05, 4.69) is 9.17 Å². The molecule has 2 aromatic rings. The first-order valence-electron chi connectivity index (χ1n) is 5.05. The Labute approximate surface area is 121 Å². The van der Waals surface area contributed by atoms with E-state index in [1.54, 1.807) is 23.6 Å². The normalized spacial score (nSPS) is 11.3. The zero-order valence-corrected chi connectivity index (χ0v) is 12.8. The molecule has 0 atom stereocenters. The van der Waals surface area contributed by atoms with Gasteiger partial charge in [0.2, 0.25) is 10.0 Å². The van der Waals surface area contributed by atoms with Crippen molar-refractivity contribution in [3.63, 3.8) is 0 Å². The maximum Gasteiger partial charge on any atom is 0.308 e. The maximum atomic E-state index is 10.6. The Hall–Kier alpha value is -1.49. The molecule has 0 aliphatic carbocycles. The fourth-order valence-electron chi connectivity index (χ4n) is 0.991. The van der Waals surface area contributed by atoms with Gasteiger partial charge in [-0.05, 0) is 12.1 Å². The minimum absolute atomic E-state index is 0.148. The van der Waals surface area contributed by atoms with Crippen molar-refractivity contribution in [2.75, 3.05) is 6.26 Å². The van der Waals surface area contributed by atoms with Gasteiger partial charge in [-0.2, -0.15) is 8.42 Å². The van der Waals surface area contributed by atoms with E-state index in [1.165, 1.54) is 18.3 Å². The average molecular weight is 336 g/mol. The second kappa shape index (κ2) is 6.79. The summed E-state index contributed by atoms with van der Waals surface area (Å²) in [6.07, 6.45) is 2.46. The van der Waals surface area contributed by atoms with Gasteiger partial charge in [0.1, 0.15) is 0 Å². The van der Waals surface area contributed by atoms with Gasteiger partial charge in [-0.25, -0.2) is 18.5 Å². The van der Waals surface area contributed by atoms with Gasteiger partial charge >= 0.3 is 10.1 Å². The zero-order chi connectivity index (χ0) is 15.2. The highest BCUT2D eigenvalue weighted by atomic mass is 32.2. The molecular formula is C10H12N2O5S3. The molecule has 110 valence electrons. The Bertz CT molecular complexity index is 724. The predicted octanol–water partition coefficient (Wildman–Crippen LogP) is 0.815. The molecule has 10 heteroatoms. The molecule has 0 unspecified atom stereocenters. The third-order valence-corrected chi connectivity index (χ3v) is 3.85. The van der Waals surface area contributed by atoms with E-state index in [0.29, 0.717) is 0 Å². The van der Waals surface area contributed by atoms with Crippen LogP contribution >= 0.6 is 11.3 Å². The summed E-state index contributed by atoms with van der Waals surface area (Å²) in [4.78, 5) is 3.77. The Balaban J connectivity index is 0.000000200. The molecule has 0 saturated carbocycles. The van der Waals surface area contributed by atoms with Crippen molar-refractivity contribution in [1.82, 2.24) is 4.98 Å². The van der Waals surface area contributed by atoms with Gasteiger partial charge in [0.15, 0.2) is 0 Å². The number of nitrogens with zero attached hydrogens (tertiary/aromatic N) is 1. The van der Waals surface area contributed by atoms with Crippen molar-refractivity contribution in [2.45, 2.75) is 4.90 Å². The van der Waals surface area contributed by atoms with Crippen molar-refractivity contribution in [3.8, 4) is 5.19 Å². The van der Waals surface area contributed by atoms with Crippen molar-refractivity contribution >= 4 is 31.5 Å². The topological polar surface area (TPSA) is 116 Å². The molecule has 2 rings (SSSR count). The summed E-state index contributed by atoms with van der Waals surface area (Å²) in [6.45, 7) is 0. The fraction of sp³-hybridized carbons (Fsp3) is 0.100. The Morgan fingerprint density at radius 3 is 2.10 bits per heavy atom. The van der Waals surface area contributed by atoms with Gasteiger partial charge in [-0.3, -0.25) is 0 Å². The number of primary sulfonamides is 1. The Morgan fingerprint density at radius 2 is 1.75 bits per heavy atom. The van der Waals surface area contributed by atoms with Crippen LogP contribution in [0.15, 0.2) is 46.8 Å². The van der Waals surface area contributed by atoms with Crippen molar-refractivity contribution in [3.05, 3.63) is 41.9 Å². The van der Waals surface area contributed by atoms with Crippen LogP contribution in [0.1, 0.15) is 0 Å². The molecule has 0 bridgehead atoms. The van der Waals surface area contributed by atoms with E-state index in [-0.39, 0.29) is 10.1 Å². The highest BCUT2D eigenvalue weighted by Crippen LogP contribution is 2.14. The lowest BCUT2D eigenvalue weighted by Crippen LogP contribution is -2.11. The first-order valence-corrected chi connectivity index (χ1v) is 9.29. The number of thiazole rings is 1. The van der Waals surface area contributed by atoms with Crippen molar-refractivity contribution in [1.29, 1.82) is 0 Å². The highest BCUT2D eigenvalue weighted by molar-refractivity contribution is 7.89. The van der Waals surface area contributed by atoms with E-state index in [9.17, 15) is 16.8 Å². The molecule has 20 heavy (non-hydrogen) atoms. The number of hydrogen-bond donors (Lipinski definition) is 1. The van der Waals surface area contributed by atoms with Crippen LogP contribution in [0.25, 0.3) is 0 Å². The van der Waals surface area contributed by atoms with Gasteiger partial charge < -0.3 is 4.18 Å². The standard InChI is InChI=1S/C6H7NO2S.C4H5NO3S2/c7-10(8,9)6-4-2-1-3-5-6;1-10(6,7)8-4-5-2-3-9-4/h1-5H,(H2,7,8,9);2-3H,1H3. The predicted molar refractivity (Wildman–Crippen MR) is 75.4 cm³/mol. The number of aromatic nitrogens is 1. The Kier molecular flexibility index (Phi) is 5.62. The van der Waals surface area contributed by atoms with Gasteiger partial charge in [0.25, 0.3) is 5.19 Å². The summed E-state index contributed by atoms with van der Waals surface area (Å²) in [7, 11) is -6.90. The molecule has 0 amide bonds. The minimum Gasteiger partial charge on any atom is -0.352 e. The Morgan fingerprint density at radius 1 is 1.15 bits per heavy atom. The minimum atomic E-state index is -3.50. The quantitative estimate of drug-likeness (QED) is 0.829. The summed E-state index contributed by atoms with van der Waals surface area (Å²) >= 11 is 1.14. The molecule has 0 aliphatic rings. The van der Waals surface area contributed by atoms with Crippen LogP contribution in [-0.4, -0.2) is 28.1 Å². The molecule has 0 spiro atoms. The number of nitrogens with two attached hydrogens (primary N) is 1. The van der Waals surface area contributed by atoms with Gasteiger partial charge in [0.05, 0.1) is 11.2 Å². The monoisotopic (exact) mass is 336 g/mol. The van der Waals surface area contributed by atoms with Crippen LogP contribution in [0, 0.1) is 0 Å². The van der Waals surface area contributed by atoms with E-state index in [0.717, 1.165) is 17.6 Å². The molecule has 7 nitrogen and oxygen atoms in total. The molecule has 0 saturated heterocycles. The van der Waals surface area contributed by atoms with E-state index < -0.39 is 20.1 Å². The molecule has 0 aliphatic heterocycles. The molecular weight excluding hydrogens is 324 g/mol. The molecule has 2 N–H and O–H groups in total. The van der Waals surface area contributed by atoms with Gasteiger partial charge in [-0.1, -0.05) is 29.5 Å². The number of hydrogen-bond acceptors (Lipinski definition) is 7. The second-order valence-electron chi connectivity index (χ2n) is 3.44. The summed E-state index contributed by atoms with van der Waals surface area (Å²) in [5.74, 6) is 0. The molecule has 0 radical (unpaired) electrons. The summed E-state index contributed by atoms with van der Waals surface area (Å²) in [5, 5.41) is 6.62. The third-order valence-electron chi connectivity index (χ3n) is 1.70. The largest absolute Gasteiger partial charge is 0.352 e. The van der Waals surface area contributed by atoms with Crippen molar-refractivity contribution in [2.24, 2.45) is 5.14 Å². The number of rotatable bonds is 3. The number of benzene rings is 1. The zero-order valence-electron chi connectivity index (χ0n) is 10.3. The summed E-state index contributed by atoms with van der Waals surface area (Å²) < 4.78 is 46.5. The SMILES string of the molecule is CS(=O)(=O)Oc1nccs1.NS(=O)(=O)c1ccccc1. The van der Waals surface area contributed by atoms with Gasteiger partial charge in [0, 0.05) is 11.6 Å². The summed E-state index contributed by atoms with van der Waals surface area (Å²) in [6, 6.07) is 7.89. The van der Waals surface area contributed by atoms with Crippen molar-refractivity contribution < 1.29 is 21.0 Å². The lowest BCUT2D eigenvalue weighted by Gasteiger charge is -1.93. The highest BCUT2D eigenvalue weighted by Gasteiger charge is 2.04. The van der Waals surface area contributed by atoms with E-state index in [4.69, 9.17) is 5.14 Å².